The maximum atomic E-state index is 5.44. The quantitative estimate of drug-likeness (QED) is 0.835. The Morgan fingerprint density at radius 2 is 1.84 bits per heavy atom. The molecular weight excluding hydrogens is 236 g/mol. The summed E-state index contributed by atoms with van der Waals surface area (Å²) in [4.78, 5) is 5.24. The monoisotopic (exact) mass is 262 g/mol. The molecule has 0 spiro atoms. The van der Waals surface area contributed by atoms with E-state index >= 15 is 0 Å². The smallest absolute Gasteiger partial charge is 0.117 e. The average molecular weight is 262 g/mol. The van der Waals surface area contributed by atoms with E-state index in [0.29, 0.717) is 0 Å². The molecule has 0 bridgehead atoms. The second kappa shape index (κ2) is 6.10. The van der Waals surface area contributed by atoms with Gasteiger partial charge in [-0.2, -0.15) is 0 Å². The summed E-state index contributed by atoms with van der Waals surface area (Å²) in [7, 11) is 0. The molecule has 1 aromatic rings. The standard InChI is InChI=1S/C16H26N2O/c1-14-4-6-15(7-5-14)18-10-8-17(9-11-18)13-16-3-2-12-19-16/h2-3,12,14-15H,4-11,13H2,1H3. The first kappa shape index (κ1) is 13.2. The Balaban J connectivity index is 1.44. The van der Waals surface area contributed by atoms with Crippen LogP contribution in [0.25, 0.3) is 0 Å². The molecule has 0 amide bonds. The maximum Gasteiger partial charge on any atom is 0.117 e. The predicted molar refractivity (Wildman–Crippen MR) is 77.0 cm³/mol. The van der Waals surface area contributed by atoms with Gasteiger partial charge in [0.15, 0.2) is 0 Å². The van der Waals surface area contributed by atoms with Gasteiger partial charge in [-0.25, -0.2) is 0 Å². The molecule has 19 heavy (non-hydrogen) atoms. The summed E-state index contributed by atoms with van der Waals surface area (Å²) in [5, 5.41) is 0. The van der Waals surface area contributed by atoms with Crippen molar-refractivity contribution in [1.82, 2.24) is 9.80 Å². The molecule has 2 fully saturated rings. The zero-order valence-electron chi connectivity index (χ0n) is 12.1. The van der Waals surface area contributed by atoms with Crippen LogP contribution in [0.5, 0.6) is 0 Å². The van der Waals surface area contributed by atoms with Crippen LogP contribution in [0.4, 0.5) is 0 Å². The Morgan fingerprint density at radius 3 is 2.47 bits per heavy atom. The molecular formula is C16H26N2O. The van der Waals surface area contributed by atoms with Crippen molar-refractivity contribution in [3.8, 4) is 0 Å². The number of furan rings is 1. The maximum absolute atomic E-state index is 5.44. The minimum atomic E-state index is 0.863. The summed E-state index contributed by atoms with van der Waals surface area (Å²) in [5.41, 5.74) is 0. The van der Waals surface area contributed by atoms with Gasteiger partial charge in [0.05, 0.1) is 12.8 Å². The second-order valence-electron chi connectivity index (χ2n) is 6.31. The number of hydrogen-bond acceptors (Lipinski definition) is 3. The van der Waals surface area contributed by atoms with Crippen molar-refractivity contribution < 1.29 is 4.42 Å². The number of piperazine rings is 1. The Bertz CT molecular complexity index is 360. The molecule has 0 N–H and O–H groups in total. The second-order valence-corrected chi connectivity index (χ2v) is 6.31. The highest BCUT2D eigenvalue weighted by Gasteiger charge is 2.27. The first-order chi connectivity index (χ1) is 9.31. The zero-order chi connectivity index (χ0) is 13.1. The topological polar surface area (TPSA) is 19.6 Å². The number of rotatable bonds is 3. The van der Waals surface area contributed by atoms with E-state index in [1.807, 2.05) is 6.07 Å². The normalized spacial score (nSPS) is 30.6. The van der Waals surface area contributed by atoms with Gasteiger partial charge in [-0.15, -0.1) is 0 Å². The van der Waals surface area contributed by atoms with Gasteiger partial charge in [0, 0.05) is 32.2 Å². The van der Waals surface area contributed by atoms with Crippen molar-refractivity contribution in [3.63, 3.8) is 0 Å². The van der Waals surface area contributed by atoms with E-state index in [4.69, 9.17) is 4.42 Å². The van der Waals surface area contributed by atoms with Gasteiger partial charge in [-0.05, 0) is 43.7 Å². The van der Waals surface area contributed by atoms with Crippen LogP contribution in [0.15, 0.2) is 22.8 Å². The van der Waals surface area contributed by atoms with E-state index in [1.165, 1.54) is 51.9 Å². The minimum Gasteiger partial charge on any atom is -0.468 e. The van der Waals surface area contributed by atoms with Crippen LogP contribution in [-0.4, -0.2) is 42.0 Å². The fourth-order valence-corrected chi connectivity index (χ4v) is 3.52. The van der Waals surface area contributed by atoms with Crippen molar-refractivity contribution >= 4 is 0 Å². The molecule has 3 rings (SSSR count). The molecule has 1 aliphatic carbocycles. The van der Waals surface area contributed by atoms with E-state index in [1.54, 1.807) is 6.26 Å². The van der Waals surface area contributed by atoms with Crippen LogP contribution in [0.1, 0.15) is 38.4 Å². The Labute approximate surface area is 116 Å². The zero-order valence-corrected chi connectivity index (χ0v) is 12.1. The van der Waals surface area contributed by atoms with E-state index in [-0.39, 0.29) is 0 Å². The van der Waals surface area contributed by atoms with Crippen molar-refractivity contribution in [2.45, 2.75) is 45.2 Å². The predicted octanol–water partition coefficient (Wildman–Crippen LogP) is 2.98. The Hall–Kier alpha value is -0.800. The summed E-state index contributed by atoms with van der Waals surface area (Å²) < 4.78 is 5.44. The van der Waals surface area contributed by atoms with Gasteiger partial charge in [-0.3, -0.25) is 9.80 Å². The van der Waals surface area contributed by atoms with Crippen LogP contribution in [0, 0.1) is 5.92 Å². The van der Waals surface area contributed by atoms with Gasteiger partial charge >= 0.3 is 0 Å². The average Bonchev–Trinajstić information content (AvgIpc) is 2.94. The van der Waals surface area contributed by atoms with E-state index in [9.17, 15) is 0 Å². The Kier molecular flexibility index (Phi) is 4.24. The molecule has 0 radical (unpaired) electrons. The molecule has 1 saturated carbocycles. The van der Waals surface area contributed by atoms with Gasteiger partial charge in [0.2, 0.25) is 0 Å². The lowest BCUT2D eigenvalue weighted by Gasteiger charge is -2.41. The van der Waals surface area contributed by atoms with Gasteiger partial charge in [0.1, 0.15) is 5.76 Å². The van der Waals surface area contributed by atoms with Crippen LogP contribution >= 0.6 is 0 Å². The summed E-state index contributed by atoms with van der Waals surface area (Å²) in [6.07, 6.45) is 7.46. The fourth-order valence-electron chi connectivity index (χ4n) is 3.52. The first-order valence-corrected chi connectivity index (χ1v) is 7.80. The van der Waals surface area contributed by atoms with Crippen molar-refractivity contribution in [1.29, 1.82) is 0 Å². The molecule has 3 nitrogen and oxygen atoms in total. The number of hydrogen-bond donors (Lipinski definition) is 0. The van der Waals surface area contributed by atoms with Crippen molar-refractivity contribution in [3.05, 3.63) is 24.2 Å². The van der Waals surface area contributed by atoms with Gasteiger partial charge in [-0.1, -0.05) is 6.92 Å². The van der Waals surface area contributed by atoms with Crippen molar-refractivity contribution in [2.24, 2.45) is 5.92 Å². The van der Waals surface area contributed by atoms with Crippen molar-refractivity contribution in [2.75, 3.05) is 26.2 Å². The van der Waals surface area contributed by atoms with E-state index in [0.717, 1.165) is 24.3 Å². The van der Waals surface area contributed by atoms with Crippen LogP contribution < -0.4 is 0 Å². The van der Waals surface area contributed by atoms with Gasteiger partial charge < -0.3 is 4.42 Å². The SMILES string of the molecule is CC1CCC(N2CCN(Cc3ccco3)CC2)CC1. The van der Waals surface area contributed by atoms with Crippen LogP contribution in [0.2, 0.25) is 0 Å². The fraction of sp³-hybridized carbons (Fsp3) is 0.750. The highest BCUT2D eigenvalue weighted by molar-refractivity contribution is 4.98. The molecule has 1 aromatic heterocycles. The van der Waals surface area contributed by atoms with Crippen LogP contribution in [0.3, 0.4) is 0 Å². The third-order valence-electron chi connectivity index (χ3n) is 4.87. The summed E-state index contributed by atoms with van der Waals surface area (Å²) in [6, 6.07) is 4.92. The third-order valence-corrected chi connectivity index (χ3v) is 4.87. The van der Waals surface area contributed by atoms with Gasteiger partial charge in [0.25, 0.3) is 0 Å². The minimum absolute atomic E-state index is 0.863. The lowest BCUT2D eigenvalue weighted by atomic mass is 9.86. The highest BCUT2D eigenvalue weighted by atomic mass is 16.3. The lowest BCUT2D eigenvalue weighted by molar-refractivity contribution is 0.0660. The van der Waals surface area contributed by atoms with E-state index < -0.39 is 0 Å². The molecule has 106 valence electrons. The molecule has 2 aliphatic rings. The molecule has 3 heteroatoms. The molecule has 0 aromatic carbocycles. The molecule has 1 aliphatic heterocycles. The molecule has 0 unspecified atom stereocenters. The lowest BCUT2D eigenvalue weighted by Crippen LogP contribution is -2.50. The first-order valence-electron chi connectivity index (χ1n) is 7.80. The molecule has 2 heterocycles. The Morgan fingerprint density at radius 1 is 1.11 bits per heavy atom. The number of nitrogens with zero attached hydrogens (tertiary/aromatic N) is 2. The summed E-state index contributed by atoms with van der Waals surface area (Å²) in [6.45, 7) is 8.22. The highest BCUT2D eigenvalue weighted by Crippen LogP contribution is 2.27. The van der Waals surface area contributed by atoms with Crippen LogP contribution in [-0.2, 0) is 6.54 Å². The molecule has 0 atom stereocenters. The summed E-state index contributed by atoms with van der Waals surface area (Å²) in [5.74, 6) is 2.05. The van der Waals surface area contributed by atoms with E-state index in [2.05, 4.69) is 22.8 Å². The summed E-state index contributed by atoms with van der Waals surface area (Å²) >= 11 is 0. The third kappa shape index (κ3) is 3.40. The largest absolute Gasteiger partial charge is 0.468 e. The molecule has 1 saturated heterocycles.